The maximum atomic E-state index is 6.51. The summed E-state index contributed by atoms with van der Waals surface area (Å²) in [6.45, 7) is 0. The minimum absolute atomic E-state index is 0.909. The van der Waals surface area contributed by atoms with Gasteiger partial charge in [-0.25, -0.2) is 0 Å². The normalized spacial score (nSPS) is 11.6. The van der Waals surface area contributed by atoms with Crippen molar-refractivity contribution in [2.75, 3.05) is 4.90 Å². The van der Waals surface area contributed by atoms with Gasteiger partial charge in [-0.3, -0.25) is 0 Å². The summed E-state index contributed by atoms with van der Waals surface area (Å²) < 4.78 is 6.51. The zero-order valence-corrected chi connectivity index (χ0v) is 30.6. The highest BCUT2D eigenvalue weighted by Crippen LogP contribution is 2.45. The van der Waals surface area contributed by atoms with Crippen LogP contribution in [0.1, 0.15) is 0 Å². The molecular weight excluding hydrogens is 679 g/mol. The summed E-state index contributed by atoms with van der Waals surface area (Å²) in [6, 6.07) is 76.5. The van der Waals surface area contributed by atoms with E-state index in [0.29, 0.717) is 0 Å². The zero-order chi connectivity index (χ0) is 37.0. The Hall–Kier alpha value is -7.42. The lowest BCUT2D eigenvalue weighted by Gasteiger charge is -2.29. The van der Waals surface area contributed by atoms with E-state index in [-0.39, 0.29) is 0 Å². The van der Waals surface area contributed by atoms with E-state index < -0.39 is 0 Å². The quantitative estimate of drug-likeness (QED) is 0.171. The topological polar surface area (TPSA) is 16.4 Å². The van der Waals surface area contributed by atoms with Gasteiger partial charge in [-0.15, -0.1) is 0 Å². The summed E-state index contributed by atoms with van der Waals surface area (Å²) in [6.07, 6.45) is 0. The first-order valence-corrected chi connectivity index (χ1v) is 19.2. The molecule has 11 rings (SSSR count). The summed E-state index contributed by atoms with van der Waals surface area (Å²) in [5.74, 6) is 0. The SMILES string of the molecule is c1cc(-c2ccc(N(c3ccccc3-c3ccc4ccc5c6ccccc6oc5c4c3)c3cccc4ccccc34)cc2)cc(-c2cccc3ccccc23)c1. The molecule has 0 atom stereocenters. The average Bonchev–Trinajstić information content (AvgIpc) is 3.66. The van der Waals surface area contributed by atoms with Crippen LogP contribution in [0.25, 0.3) is 87.6 Å². The van der Waals surface area contributed by atoms with Gasteiger partial charge in [-0.2, -0.15) is 0 Å². The summed E-state index contributed by atoms with van der Waals surface area (Å²) >= 11 is 0. The zero-order valence-electron chi connectivity index (χ0n) is 30.6. The minimum atomic E-state index is 0.909. The van der Waals surface area contributed by atoms with Crippen molar-refractivity contribution in [2.24, 2.45) is 0 Å². The predicted octanol–water partition coefficient (Wildman–Crippen LogP) is 15.5. The highest BCUT2D eigenvalue weighted by molar-refractivity contribution is 6.16. The lowest BCUT2D eigenvalue weighted by atomic mass is 9.95. The van der Waals surface area contributed by atoms with Crippen molar-refractivity contribution in [1.82, 2.24) is 0 Å². The van der Waals surface area contributed by atoms with Gasteiger partial charge in [-0.1, -0.05) is 164 Å². The third-order valence-electron chi connectivity index (χ3n) is 11.2. The molecule has 0 radical (unpaired) electrons. The fourth-order valence-electron chi connectivity index (χ4n) is 8.54. The number of furan rings is 1. The van der Waals surface area contributed by atoms with Crippen molar-refractivity contribution < 1.29 is 4.42 Å². The molecule has 262 valence electrons. The van der Waals surface area contributed by atoms with E-state index >= 15 is 0 Å². The number of hydrogen-bond acceptors (Lipinski definition) is 2. The van der Waals surface area contributed by atoms with E-state index in [1.807, 2.05) is 6.07 Å². The fraction of sp³-hybridized carbons (Fsp3) is 0. The van der Waals surface area contributed by atoms with Crippen LogP contribution in [0.3, 0.4) is 0 Å². The highest BCUT2D eigenvalue weighted by atomic mass is 16.3. The minimum Gasteiger partial charge on any atom is -0.455 e. The molecule has 0 saturated heterocycles. The Bertz CT molecular complexity index is 3250. The Labute approximate surface area is 325 Å². The van der Waals surface area contributed by atoms with E-state index in [9.17, 15) is 0 Å². The lowest BCUT2D eigenvalue weighted by molar-refractivity contribution is 0.672. The van der Waals surface area contributed by atoms with Gasteiger partial charge in [-0.05, 0) is 97.9 Å². The van der Waals surface area contributed by atoms with Gasteiger partial charge in [0, 0.05) is 32.8 Å². The third kappa shape index (κ3) is 5.34. The molecule has 10 aromatic carbocycles. The van der Waals surface area contributed by atoms with Crippen LogP contribution < -0.4 is 4.90 Å². The molecule has 0 aliphatic rings. The maximum Gasteiger partial charge on any atom is 0.143 e. The summed E-state index contributed by atoms with van der Waals surface area (Å²) in [4.78, 5) is 2.42. The van der Waals surface area contributed by atoms with Crippen LogP contribution in [0.2, 0.25) is 0 Å². The first-order chi connectivity index (χ1) is 27.8. The Balaban J connectivity index is 1.05. The summed E-state index contributed by atoms with van der Waals surface area (Å²) in [5.41, 5.74) is 12.2. The second-order valence-electron chi connectivity index (χ2n) is 14.5. The Morgan fingerprint density at radius 1 is 0.304 bits per heavy atom. The van der Waals surface area contributed by atoms with Crippen molar-refractivity contribution in [1.29, 1.82) is 0 Å². The van der Waals surface area contributed by atoms with Gasteiger partial charge in [0.1, 0.15) is 11.2 Å². The molecule has 0 N–H and O–H groups in total. The molecule has 0 bridgehead atoms. The first kappa shape index (κ1) is 32.0. The van der Waals surface area contributed by atoms with Gasteiger partial charge in [0.2, 0.25) is 0 Å². The van der Waals surface area contributed by atoms with E-state index in [4.69, 9.17) is 4.42 Å². The van der Waals surface area contributed by atoms with Gasteiger partial charge < -0.3 is 9.32 Å². The second-order valence-corrected chi connectivity index (χ2v) is 14.5. The number of benzene rings is 10. The molecule has 2 heteroatoms. The molecule has 1 heterocycles. The molecule has 1 aromatic heterocycles. The number of fused-ring (bicyclic) bond motifs is 7. The summed E-state index contributed by atoms with van der Waals surface area (Å²) in [5, 5.41) is 9.45. The molecule has 0 amide bonds. The van der Waals surface area contributed by atoms with E-state index in [2.05, 4.69) is 211 Å². The van der Waals surface area contributed by atoms with Gasteiger partial charge in [0.25, 0.3) is 0 Å². The number of anilines is 3. The van der Waals surface area contributed by atoms with Crippen LogP contribution in [0.5, 0.6) is 0 Å². The van der Waals surface area contributed by atoms with Crippen LogP contribution in [0, 0.1) is 0 Å². The third-order valence-corrected chi connectivity index (χ3v) is 11.2. The van der Waals surface area contributed by atoms with Crippen molar-refractivity contribution in [3.05, 3.63) is 212 Å². The molecule has 56 heavy (non-hydrogen) atoms. The van der Waals surface area contributed by atoms with E-state index in [0.717, 1.165) is 60.9 Å². The van der Waals surface area contributed by atoms with Crippen molar-refractivity contribution in [3.8, 4) is 33.4 Å². The predicted molar refractivity (Wildman–Crippen MR) is 237 cm³/mol. The number of para-hydroxylation sites is 2. The number of hydrogen-bond donors (Lipinski definition) is 0. The lowest BCUT2D eigenvalue weighted by Crippen LogP contribution is -2.11. The number of nitrogens with zero attached hydrogens (tertiary/aromatic N) is 1. The van der Waals surface area contributed by atoms with Crippen LogP contribution in [-0.2, 0) is 0 Å². The van der Waals surface area contributed by atoms with Gasteiger partial charge >= 0.3 is 0 Å². The molecule has 0 aliphatic carbocycles. The van der Waals surface area contributed by atoms with Crippen LogP contribution in [0.4, 0.5) is 17.1 Å². The van der Waals surface area contributed by atoms with Crippen molar-refractivity contribution in [2.45, 2.75) is 0 Å². The van der Waals surface area contributed by atoms with Crippen LogP contribution in [-0.4, -0.2) is 0 Å². The molecule has 2 nitrogen and oxygen atoms in total. The standard InChI is InChI=1S/C54H35NO/c1-3-18-44-37(12-1)14-10-22-45(44)41-17-9-16-40(34-41)36-28-31-43(32-29-36)55(52-24-11-15-38-13-2-4-19-46(38)52)51-23-7-5-20-47(51)42-27-26-39-30-33-49-48-21-6-8-25-53(48)56-54(49)50(39)35-42/h1-35H. The molecule has 0 spiro atoms. The Morgan fingerprint density at radius 2 is 0.875 bits per heavy atom. The Morgan fingerprint density at radius 3 is 1.75 bits per heavy atom. The average molecular weight is 714 g/mol. The van der Waals surface area contributed by atoms with Crippen LogP contribution >= 0.6 is 0 Å². The monoisotopic (exact) mass is 713 g/mol. The first-order valence-electron chi connectivity index (χ1n) is 19.2. The molecule has 0 aliphatic heterocycles. The van der Waals surface area contributed by atoms with Gasteiger partial charge in [0.05, 0.1) is 11.4 Å². The largest absolute Gasteiger partial charge is 0.455 e. The Kier molecular flexibility index (Phi) is 7.53. The highest BCUT2D eigenvalue weighted by Gasteiger charge is 2.20. The smallest absolute Gasteiger partial charge is 0.143 e. The molecule has 0 saturated carbocycles. The molecule has 11 aromatic rings. The molecule has 0 unspecified atom stereocenters. The molecular formula is C54H35NO. The van der Waals surface area contributed by atoms with Crippen LogP contribution in [0.15, 0.2) is 217 Å². The van der Waals surface area contributed by atoms with Crippen molar-refractivity contribution in [3.63, 3.8) is 0 Å². The van der Waals surface area contributed by atoms with E-state index in [1.54, 1.807) is 0 Å². The van der Waals surface area contributed by atoms with Gasteiger partial charge in [0.15, 0.2) is 0 Å². The maximum absolute atomic E-state index is 6.51. The summed E-state index contributed by atoms with van der Waals surface area (Å²) in [7, 11) is 0. The second kappa shape index (κ2) is 13.2. The van der Waals surface area contributed by atoms with Crippen molar-refractivity contribution >= 4 is 71.3 Å². The number of rotatable bonds is 6. The van der Waals surface area contributed by atoms with E-state index in [1.165, 1.54) is 43.8 Å². The fourth-order valence-corrected chi connectivity index (χ4v) is 8.54. The molecule has 0 fully saturated rings.